The summed E-state index contributed by atoms with van der Waals surface area (Å²) in [6.45, 7) is 0.0211. The highest BCUT2D eigenvalue weighted by Crippen LogP contribution is 2.24. The molecule has 0 saturated carbocycles. The van der Waals surface area contributed by atoms with Crippen molar-refractivity contribution in [2.24, 2.45) is 0 Å². The largest absolute Gasteiger partial charge is 0.376 e. The van der Waals surface area contributed by atoms with Gasteiger partial charge in [-0.2, -0.15) is 0 Å². The Morgan fingerprint density at radius 3 is 2.46 bits per heavy atom. The summed E-state index contributed by atoms with van der Waals surface area (Å²) in [5.41, 5.74) is 1.68. The number of pyridine rings is 1. The average molecular weight is 410 g/mol. The molecular weight excluding hydrogens is 394 g/mol. The molecule has 0 saturated heterocycles. The second-order valence-electron chi connectivity index (χ2n) is 5.50. The molecule has 0 spiro atoms. The number of carbonyl (C=O) groups excluding carboxylic acids is 2. The summed E-state index contributed by atoms with van der Waals surface area (Å²) in [7, 11) is 0. The maximum atomic E-state index is 12.8. The molecule has 0 bridgehead atoms. The molecule has 3 rings (SSSR count). The zero-order valence-electron chi connectivity index (χ0n) is 13.8. The van der Waals surface area contributed by atoms with Crippen molar-refractivity contribution in [1.29, 1.82) is 0 Å². The number of carbonyl (C=O) groups is 2. The lowest BCUT2D eigenvalue weighted by Crippen LogP contribution is -2.23. The van der Waals surface area contributed by atoms with E-state index in [0.29, 0.717) is 22.6 Å². The SMILES string of the molecule is O=C(CNc1ccc(Br)cc1C(=O)c1ccccc1)Nc1ccccn1. The third kappa shape index (κ3) is 4.55. The van der Waals surface area contributed by atoms with E-state index in [4.69, 9.17) is 0 Å². The van der Waals surface area contributed by atoms with Gasteiger partial charge >= 0.3 is 0 Å². The van der Waals surface area contributed by atoms with Crippen LogP contribution < -0.4 is 10.6 Å². The van der Waals surface area contributed by atoms with Gasteiger partial charge in [-0.3, -0.25) is 9.59 Å². The van der Waals surface area contributed by atoms with Crippen LogP contribution in [0, 0.1) is 0 Å². The fourth-order valence-electron chi connectivity index (χ4n) is 2.40. The molecule has 5 nitrogen and oxygen atoms in total. The number of ketones is 1. The summed E-state index contributed by atoms with van der Waals surface area (Å²) in [5, 5.41) is 5.73. The number of benzene rings is 2. The van der Waals surface area contributed by atoms with Crippen LogP contribution in [0.2, 0.25) is 0 Å². The maximum Gasteiger partial charge on any atom is 0.244 e. The minimum atomic E-state index is -0.246. The number of rotatable bonds is 6. The number of anilines is 2. The first kappa shape index (κ1) is 17.8. The molecular formula is C20H16BrN3O2. The van der Waals surface area contributed by atoms with Crippen LogP contribution in [-0.2, 0) is 4.79 Å². The lowest BCUT2D eigenvalue weighted by atomic mass is 10.0. The third-order valence-corrected chi connectivity index (χ3v) is 4.13. The summed E-state index contributed by atoms with van der Waals surface area (Å²) in [5.74, 6) is 0.125. The Morgan fingerprint density at radius 2 is 1.73 bits per heavy atom. The van der Waals surface area contributed by atoms with Gasteiger partial charge in [-0.15, -0.1) is 0 Å². The highest BCUT2D eigenvalue weighted by Gasteiger charge is 2.15. The molecule has 0 radical (unpaired) electrons. The number of nitrogens with one attached hydrogen (secondary N) is 2. The number of aromatic nitrogens is 1. The van der Waals surface area contributed by atoms with E-state index in [1.807, 2.05) is 24.3 Å². The molecule has 2 aromatic carbocycles. The first-order valence-corrected chi connectivity index (χ1v) is 8.77. The van der Waals surface area contributed by atoms with Crippen molar-refractivity contribution in [2.75, 3.05) is 17.2 Å². The highest BCUT2D eigenvalue weighted by molar-refractivity contribution is 9.10. The molecule has 0 aliphatic heterocycles. The van der Waals surface area contributed by atoms with Crippen LogP contribution in [0.25, 0.3) is 0 Å². The lowest BCUT2D eigenvalue weighted by Gasteiger charge is -2.12. The van der Waals surface area contributed by atoms with Crippen molar-refractivity contribution >= 4 is 39.1 Å². The fraction of sp³-hybridized carbons (Fsp3) is 0.0500. The van der Waals surface area contributed by atoms with E-state index in [0.717, 1.165) is 4.47 Å². The van der Waals surface area contributed by atoms with Crippen LogP contribution in [0.15, 0.2) is 77.4 Å². The highest BCUT2D eigenvalue weighted by atomic mass is 79.9. The van der Waals surface area contributed by atoms with Crippen molar-refractivity contribution in [3.63, 3.8) is 0 Å². The first-order valence-electron chi connectivity index (χ1n) is 7.97. The molecule has 1 amide bonds. The second kappa shape index (κ2) is 8.40. The second-order valence-corrected chi connectivity index (χ2v) is 6.42. The van der Waals surface area contributed by atoms with E-state index in [-0.39, 0.29) is 18.2 Å². The van der Waals surface area contributed by atoms with E-state index in [9.17, 15) is 9.59 Å². The number of hydrogen-bond donors (Lipinski definition) is 2. The van der Waals surface area contributed by atoms with Crippen LogP contribution in [0.1, 0.15) is 15.9 Å². The molecule has 130 valence electrons. The van der Waals surface area contributed by atoms with Crippen LogP contribution in [0.3, 0.4) is 0 Å². The number of nitrogens with zero attached hydrogens (tertiary/aromatic N) is 1. The summed E-state index contributed by atoms with van der Waals surface area (Å²) in [6, 6.07) is 19.6. The zero-order chi connectivity index (χ0) is 18.4. The average Bonchev–Trinajstić information content (AvgIpc) is 2.68. The van der Waals surface area contributed by atoms with Crippen LogP contribution in [-0.4, -0.2) is 23.2 Å². The van der Waals surface area contributed by atoms with E-state index in [1.165, 1.54) is 0 Å². The van der Waals surface area contributed by atoms with Gasteiger partial charge in [0.1, 0.15) is 5.82 Å². The lowest BCUT2D eigenvalue weighted by molar-refractivity contribution is -0.114. The van der Waals surface area contributed by atoms with Gasteiger partial charge in [0.05, 0.1) is 6.54 Å². The summed E-state index contributed by atoms with van der Waals surface area (Å²) < 4.78 is 0.792. The molecule has 0 aliphatic rings. The van der Waals surface area contributed by atoms with Gasteiger partial charge in [0.15, 0.2) is 5.78 Å². The van der Waals surface area contributed by atoms with Crippen LogP contribution in [0.4, 0.5) is 11.5 Å². The minimum absolute atomic E-state index is 0.0211. The molecule has 26 heavy (non-hydrogen) atoms. The van der Waals surface area contributed by atoms with Crippen molar-refractivity contribution in [1.82, 2.24) is 4.98 Å². The summed E-state index contributed by atoms with van der Waals surface area (Å²) in [4.78, 5) is 28.9. The predicted octanol–water partition coefficient (Wildman–Crippen LogP) is 4.13. The molecule has 1 heterocycles. The van der Waals surface area contributed by atoms with Crippen molar-refractivity contribution in [3.8, 4) is 0 Å². The van der Waals surface area contributed by atoms with Gasteiger partial charge in [-0.05, 0) is 30.3 Å². The Balaban J connectivity index is 1.74. The molecule has 0 fully saturated rings. The Kier molecular flexibility index (Phi) is 5.76. The molecule has 6 heteroatoms. The molecule has 0 aliphatic carbocycles. The van der Waals surface area contributed by atoms with Gasteiger partial charge in [0, 0.05) is 27.5 Å². The van der Waals surface area contributed by atoms with Crippen LogP contribution in [0.5, 0.6) is 0 Å². The van der Waals surface area contributed by atoms with Crippen LogP contribution >= 0.6 is 15.9 Å². The van der Waals surface area contributed by atoms with Gasteiger partial charge in [0.25, 0.3) is 0 Å². The fourth-order valence-corrected chi connectivity index (χ4v) is 2.76. The summed E-state index contributed by atoms with van der Waals surface area (Å²) >= 11 is 3.39. The molecule has 1 aromatic heterocycles. The number of halogens is 1. The van der Waals surface area contributed by atoms with E-state index in [1.54, 1.807) is 48.7 Å². The standard InChI is InChI=1S/C20H16BrN3O2/c21-15-9-10-17(16(12-15)20(26)14-6-2-1-3-7-14)23-13-19(25)24-18-8-4-5-11-22-18/h1-12,23H,13H2,(H,22,24,25). The van der Waals surface area contributed by atoms with Crippen molar-refractivity contribution < 1.29 is 9.59 Å². The van der Waals surface area contributed by atoms with E-state index < -0.39 is 0 Å². The number of amides is 1. The molecule has 0 unspecified atom stereocenters. The van der Waals surface area contributed by atoms with Crippen molar-refractivity contribution in [2.45, 2.75) is 0 Å². The first-order chi connectivity index (χ1) is 12.6. The summed E-state index contributed by atoms with van der Waals surface area (Å²) in [6.07, 6.45) is 1.61. The maximum absolute atomic E-state index is 12.8. The van der Waals surface area contributed by atoms with E-state index >= 15 is 0 Å². The van der Waals surface area contributed by atoms with Gasteiger partial charge in [0.2, 0.25) is 5.91 Å². The minimum Gasteiger partial charge on any atom is -0.376 e. The van der Waals surface area contributed by atoms with Gasteiger partial charge in [-0.25, -0.2) is 4.98 Å². The Hall–Kier alpha value is -2.99. The molecule has 3 aromatic rings. The number of hydrogen-bond acceptors (Lipinski definition) is 4. The quantitative estimate of drug-likeness (QED) is 0.600. The Morgan fingerprint density at radius 1 is 0.962 bits per heavy atom. The van der Waals surface area contributed by atoms with E-state index in [2.05, 4.69) is 31.5 Å². The smallest absolute Gasteiger partial charge is 0.244 e. The Labute approximate surface area is 159 Å². The molecule has 0 atom stereocenters. The third-order valence-electron chi connectivity index (χ3n) is 3.63. The monoisotopic (exact) mass is 409 g/mol. The molecule has 2 N–H and O–H groups in total. The van der Waals surface area contributed by atoms with Gasteiger partial charge < -0.3 is 10.6 Å². The normalized spacial score (nSPS) is 10.2. The topological polar surface area (TPSA) is 71.1 Å². The van der Waals surface area contributed by atoms with Crippen molar-refractivity contribution in [3.05, 3.63) is 88.5 Å². The Bertz CT molecular complexity index is 915. The predicted molar refractivity (Wildman–Crippen MR) is 105 cm³/mol. The van der Waals surface area contributed by atoms with Gasteiger partial charge in [-0.1, -0.05) is 52.3 Å². The zero-order valence-corrected chi connectivity index (χ0v) is 15.4.